The summed E-state index contributed by atoms with van der Waals surface area (Å²) in [6.07, 6.45) is 5.94. The molecule has 106 valence electrons. The quantitative estimate of drug-likeness (QED) is 0.807. The second-order valence-corrected chi connectivity index (χ2v) is 5.94. The zero-order valence-electron chi connectivity index (χ0n) is 11.0. The van der Waals surface area contributed by atoms with Gasteiger partial charge in [0.25, 0.3) is 0 Å². The highest BCUT2D eigenvalue weighted by atomic mass is 32.2. The summed E-state index contributed by atoms with van der Waals surface area (Å²) in [5.74, 6) is -0.507. The SMILES string of the molecule is CC(C1CCCCC1)n1c(SCC(=O)O)n[nH]c1=O. The highest BCUT2D eigenvalue weighted by Gasteiger charge is 2.25. The lowest BCUT2D eigenvalue weighted by molar-refractivity contribution is -0.133. The summed E-state index contributed by atoms with van der Waals surface area (Å²) < 4.78 is 1.61. The van der Waals surface area contributed by atoms with Crippen LogP contribution in [0.15, 0.2) is 9.95 Å². The third-order valence-corrected chi connectivity index (χ3v) is 4.67. The number of carboxylic acid groups (broad SMARTS) is 1. The smallest absolute Gasteiger partial charge is 0.344 e. The average molecular weight is 285 g/mol. The van der Waals surface area contributed by atoms with Crippen LogP contribution in [0.5, 0.6) is 0 Å². The first-order valence-corrected chi connectivity index (χ1v) is 7.59. The maximum absolute atomic E-state index is 11.9. The number of carbonyl (C=O) groups is 1. The van der Waals surface area contributed by atoms with Gasteiger partial charge in [-0.25, -0.2) is 9.89 Å². The Morgan fingerprint density at radius 1 is 1.53 bits per heavy atom. The molecule has 1 fully saturated rings. The Balaban J connectivity index is 2.15. The van der Waals surface area contributed by atoms with Gasteiger partial charge in [-0.1, -0.05) is 31.0 Å². The van der Waals surface area contributed by atoms with Crippen LogP contribution in [0.25, 0.3) is 0 Å². The first-order chi connectivity index (χ1) is 9.09. The fourth-order valence-corrected chi connectivity index (χ4v) is 3.46. The minimum atomic E-state index is -0.905. The number of rotatable bonds is 5. The van der Waals surface area contributed by atoms with Gasteiger partial charge in [-0.3, -0.25) is 9.36 Å². The number of thioether (sulfide) groups is 1. The molecule has 2 N–H and O–H groups in total. The molecule has 1 saturated carbocycles. The van der Waals surface area contributed by atoms with Gasteiger partial charge in [-0.15, -0.1) is 5.10 Å². The summed E-state index contributed by atoms with van der Waals surface area (Å²) >= 11 is 1.09. The minimum Gasteiger partial charge on any atom is -0.481 e. The summed E-state index contributed by atoms with van der Waals surface area (Å²) in [6, 6.07) is 0.0721. The lowest BCUT2D eigenvalue weighted by atomic mass is 9.84. The van der Waals surface area contributed by atoms with Crippen molar-refractivity contribution in [2.45, 2.75) is 50.2 Å². The van der Waals surface area contributed by atoms with Crippen molar-refractivity contribution in [2.24, 2.45) is 5.92 Å². The normalized spacial score (nSPS) is 18.4. The molecule has 1 aliphatic rings. The van der Waals surface area contributed by atoms with Gasteiger partial charge in [0.1, 0.15) is 0 Å². The Bertz CT molecular complexity index is 491. The topological polar surface area (TPSA) is 88.0 Å². The molecule has 0 amide bonds. The number of hydrogen-bond acceptors (Lipinski definition) is 4. The highest BCUT2D eigenvalue weighted by molar-refractivity contribution is 7.99. The van der Waals surface area contributed by atoms with E-state index in [-0.39, 0.29) is 17.5 Å². The number of aromatic nitrogens is 3. The van der Waals surface area contributed by atoms with Gasteiger partial charge in [-0.2, -0.15) is 0 Å². The van der Waals surface area contributed by atoms with E-state index >= 15 is 0 Å². The van der Waals surface area contributed by atoms with E-state index in [0.29, 0.717) is 11.1 Å². The van der Waals surface area contributed by atoms with Crippen LogP contribution in [0.4, 0.5) is 0 Å². The molecule has 19 heavy (non-hydrogen) atoms. The molecule has 1 aliphatic carbocycles. The zero-order valence-corrected chi connectivity index (χ0v) is 11.8. The summed E-state index contributed by atoms with van der Waals surface area (Å²) in [4.78, 5) is 22.5. The van der Waals surface area contributed by atoms with Crippen LogP contribution in [0.2, 0.25) is 0 Å². The molecular formula is C12H19N3O3S. The van der Waals surface area contributed by atoms with E-state index in [0.717, 1.165) is 24.6 Å². The van der Waals surface area contributed by atoms with E-state index in [4.69, 9.17) is 5.11 Å². The molecule has 0 saturated heterocycles. The molecule has 1 unspecified atom stereocenters. The number of nitrogens with one attached hydrogen (secondary N) is 1. The maximum atomic E-state index is 11.9. The van der Waals surface area contributed by atoms with Gasteiger partial charge in [0, 0.05) is 6.04 Å². The number of carboxylic acids is 1. The second kappa shape index (κ2) is 6.27. The summed E-state index contributed by atoms with van der Waals surface area (Å²) in [5.41, 5.74) is -0.244. The number of nitrogens with zero attached hydrogens (tertiary/aromatic N) is 2. The predicted molar refractivity (Wildman–Crippen MR) is 72.5 cm³/mol. The monoisotopic (exact) mass is 285 g/mol. The molecular weight excluding hydrogens is 266 g/mol. The first-order valence-electron chi connectivity index (χ1n) is 6.61. The fraction of sp³-hybridized carbons (Fsp3) is 0.750. The first kappa shape index (κ1) is 14.2. The van der Waals surface area contributed by atoms with Crippen LogP contribution >= 0.6 is 11.8 Å². The lowest BCUT2D eigenvalue weighted by Gasteiger charge is -2.28. The van der Waals surface area contributed by atoms with Crippen molar-refractivity contribution in [1.82, 2.24) is 14.8 Å². The fourth-order valence-electron chi connectivity index (χ4n) is 2.70. The maximum Gasteiger partial charge on any atom is 0.344 e. The Hall–Kier alpha value is -1.24. The Labute approximate surface area is 115 Å². The summed E-state index contributed by atoms with van der Waals surface area (Å²) in [5, 5.41) is 15.5. The van der Waals surface area contributed by atoms with Crippen LogP contribution < -0.4 is 5.69 Å². The molecule has 7 heteroatoms. The summed E-state index contributed by atoms with van der Waals surface area (Å²) in [6.45, 7) is 2.03. The van der Waals surface area contributed by atoms with E-state index in [2.05, 4.69) is 10.2 Å². The molecule has 0 spiro atoms. The van der Waals surface area contributed by atoms with Crippen molar-refractivity contribution in [3.05, 3.63) is 10.5 Å². The number of aromatic amines is 1. The molecule has 1 heterocycles. The van der Waals surface area contributed by atoms with Crippen molar-refractivity contribution in [1.29, 1.82) is 0 Å². The average Bonchev–Trinajstić information content (AvgIpc) is 2.78. The van der Waals surface area contributed by atoms with Crippen LogP contribution in [0, 0.1) is 5.92 Å². The molecule has 0 aliphatic heterocycles. The van der Waals surface area contributed by atoms with Crippen molar-refractivity contribution in [3.8, 4) is 0 Å². The van der Waals surface area contributed by atoms with Crippen molar-refractivity contribution >= 4 is 17.7 Å². The van der Waals surface area contributed by atoms with Crippen LogP contribution in [-0.2, 0) is 4.79 Å². The molecule has 1 atom stereocenters. The Morgan fingerprint density at radius 3 is 2.84 bits per heavy atom. The third kappa shape index (κ3) is 3.40. The second-order valence-electron chi connectivity index (χ2n) is 5.00. The third-order valence-electron chi connectivity index (χ3n) is 3.74. The number of hydrogen-bond donors (Lipinski definition) is 2. The van der Waals surface area contributed by atoms with Gasteiger partial charge < -0.3 is 5.11 Å². The molecule has 6 nitrogen and oxygen atoms in total. The minimum absolute atomic E-state index is 0.0721. The van der Waals surface area contributed by atoms with Crippen LogP contribution in [-0.4, -0.2) is 31.6 Å². The van der Waals surface area contributed by atoms with E-state index in [1.807, 2.05) is 6.92 Å². The Morgan fingerprint density at radius 2 is 2.21 bits per heavy atom. The number of aliphatic carboxylic acids is 1. The van der Waals surface area contributed by atoms with Crippen LogP contribution in [0.3, 0.4) is 0 Å². The molecule has 1 aromatic heterocycles. The highest BCUT2D eigenvalue weighted by Crippen LogP contribution is 2.33. The summed E-state index contributed by atoms with van der Waals surface area (Å²) in [7, 11) is 0. The van der Waals surface area contributed by atoms with Gasteiger partial charge in [0.15, 0.2) is 5.16 Å². The largest absolute Gasteiger partial charge is 0.481 e. The molecule has 0 radical (unpaired) electrons. The van der Waals surface area contributed by atoms with E-state index in [9.17, 15) is 9.59 Å². The van der Waals surface area contributed by atoms with Crippen molar-refractivity contribution in [2.75, 3.05) is 5.75 Å². The molecule has 0 aromatic carbocycles. The molecule has 2 rings (SSSR count). The lowest BCUT2D eigenvalue weighted by Crippen LogP contribution is -2.28. The van der Waals surface area contributed by atoms with E-state index in [1.54, 1.807) is 4.57 Å². The van der Waals surface area contributed by atoms with Crippen LogP contribution in [0.1, 0.15) is 45.1 Å². The van der Waals surface area contributed by atoms with E-state index < -0.39 is 5.97 Å². The van der Waals surface area contributed by atoms with Gasteiger partial charge in [0.05, 0.1) is 5.75 Å². The molecule has 0 bridgehead atoms. The van der Waals surface area contributed by atoms with Crippen molar-refractivity contribution < 1.29 is 9.90 Å². The molecule has 1 aromatic rings. The zero-order chi connectivity index (χ0) is 13.8. The van der Waals surface area contributed by atoms with Gasteiger partial charge in [0.2, 0.25) is 0 Å². The van der Waals surface area contributed by atoms with Crippen molar-refractivity contribution in [3.63, 3.8) is 0 Å². The Kier molecular flexibility index (Phi) is 4.68. The van der Waals surface area contributed by atoms with E-state index in [1.165, 1.54) is 19.3 Å². The van der Waals surface area contributed by atoms with Gasteiger partial charge >= 0.3 is 11.7 Å². The number of H-pyrrole nitrogens is 1. The predicted octanol–water partition coefficient (Wildman–Crippen LogP) is 1.89. The van der Waals surface area contributed by atoms with Gasteiger partial charge in [-0.05, 0) is 25.7 Å². The standard InChI is InChI=1S/C12H19N3O3S/c1-8(9-5-3-2-4-6-9)15-11(18)13-14-12(15)19-7-10(16)17/h8-9H,2-7H2,1H3,(H,13,18)(H,16,17).